The van der Waals surface area contributed by atoms with Crippen molar-refractivity contribution in [3.8, 4) is 0 Å². The van der Waals surface area contributed by atoms with Crippen molar-refractivity contribution in [1.82, 2.24) is 4.72 Å². The molecule has 3 atom stereocenters. The van der Waals surface area contributed by atoms with Crippen LogP contribution in [0.5, 0.6) is 0 Å². The van der Waals surface area contributed by atoms with Gasteiger partial charge in [0.25, 0.3) is 0 Å². The molecule has 4 nitrogen and oxygen atoms in total. The molecule has 0 radical (unpaired) electrons. The largest absolute Gasteiger partial charge is 0.330 e. The number of nitrogens with one attached hydrogen (secondary N) is 1. The minimum Gasteiger partial charge on any atom is -0.330 e. The molecule has 18 heavy (non-hydrogen) atoms. The third-order valence-corrected chi connectivity index (χ3v) is 5.25. The lowest BCUT2D eigenvalue weighted by atomic mass is 10.1. The highest BCUT2D eigenvalue weighted by molar-refractivity contribution is 7.89. The predicted molar refractivity (Wildman–Crippen MR) is 78.4 cm³/mol. The summed E-state index contributed by atoms with van der Waals surface area (Å²) in [6.07, 6.45) is 5.06. The van der Waals surface area contributed by atoms with Crippen molar-refractivity contribution in [3.63, 3.8) is 0 Å². The molecule has 0 bridgehead atoms. The second-order valence-electron chi connectivity index (χ2n) is 5.33. The minimum atomic E-state index is -3.14. The van der Waals surface area contributed by atoms with Crippen LogP contribution in [0.3, 0.4) is 0 Å². The van der Waals surface area contributed by atoms with E-state index in [0.717, 1.165) is 32.1 Å². The summed E-state index contributed by atoms with van der Waals surface area (Å²) in [5.74, 6) is 0.802. The van der Waals surface area contributed by atoms with Crippen molar-refractivity contribution in [2.45, 2.75) is 52.0 Å². The lowest BCUT2D eigenvalue weighted by molar-refractivity contribution is 0.448. The van der Waals surface area contributed by atoms with E-state index >= 15 is 0 Å². The molecule has 0 aliphatic heterocycles. The van der Waals surface area contributed by atoms with Crippen molar-refractivity contribution >= 4 is 22.4 Å². The molecule has 6 heteroatoms. The van der Waals surface area contributed by atoms with Gasteiger partial charge in [0.2, 0.25) is 10.0 Å². The number of hydrogen-bond acceptors (Lipinski definition) is 3. The highest BCUT2D eigenvalue weighted by Crippen LogP contribution is 2.25. The van der Waals surface area contributed by atoms with Crippen molar-refractivity contribution in [2.24, 2.45) is 17.6 Å². The van der Waals surface area contributed by atoms with E-state index in [-0.39, 0.29) is 30.1 Å². The Hall–Kier alpha value is 0.160. The van der Waals surface area contributed by atoms with Crippen molar-refractivity contribution in [3.05, 3.63) is 0 Å². The van der Waals surface area contributed by atoms with Crippen LogP contribution in [-0.2, 0) is 10.0 Å². The zero-order chi connectivity index (χ0) is 12.9. The van der Waals surface area contributed by atoms with Crippen LogP contribution in [0.4, 0.5) is 0 Å². The number of rotatable bonds is 7. The lowest BCUT2D eigenvalue weighted by Crippen LogP contribution is -2.41. The molecule has 1 fully saturated rings. The van der Waals surface area contributed by atoms with Crippen molar-refractivity contribution < 1.29 is 8.42 Å². The molecule has 0 spiro atoms. The zero-order valence-corrected chi connectivity index (χ0v) is 13.0. The van der Waals surface area contributed by atoms with E-state index in [1.807, 2.05) is 6.92 Å². The number of hydrogen-bond donors (Lipinski definition) is 2. The monoisotopic (exact) mass is 298 g/mol. The van der Waals surface area contributed by atoms with Gasteiger partial charge in [0.1, 0.15) is 0 Å². The summed E-state index contributed by atoms with van der Waals surface area (Å²) in [6, 6.07) is 0.0684. The number of nitrogens with two attached hydrogens (primary N) is 1. The first kappa shape index (κ1) is 18.2. The van der Waals surface area contributed by atoms with Crippen LogP contribution in [0.2, 0.25) is 0 Å². The average Bonchev–Trinajstić information content (AvgIpc) is 2.63. The Morgan fingerprint density at radius 1 is 1.39 bits per heavy atom. The SMILES string of the molecule is CCCC(C)CS(=O)(=O)NC1CCCC1CN.Cl. The quantitative estimate of drug-likeness (QED) is 0.754. The molecule has 0 amide bonds. The maximum Gasteiger partial charge on any atom is 0.212 e. The highest BCUT2D eigenvalue weighted by Gasteiger charge is 2.30. The summed E-state index contributed by atoms with van der Waals surface area (Å²) >= 11 is 0. The van der Waals surface area contributed by atoms with Crippen LogP contribution in [0, 0.1) is 11.8 Å². The van der Waals surface area contributed by atoms with E-state index in [0.29, 0.717) is 12.5 Å². The first-order valence-electron chi connectivity index (χ1n) is 6.68. The highest BCUT2D eigenvalue weighted by atomic mass is 35.5. The van der Waals surface area contributed by atoms with E-state index in [4.69, 9.17) is 5.73 Å². The molecule has 110 valence electrons. The number of sulfonamides is 1. The van der Waals surface area contributed by atoms with Gasteiger partial charge in [-0.25, -0.2) is 13.1 Å². The Kier molecular flexibility index (Phi) is 8.43. The van der Waals surface area contributed by atoms with Crippen molar-refractivity contribution in [2.75, 3.05) is 12.3 Å². The Balaban J connectivity index is 0.00000289. The number of halogens is 1. The van der Waals surface area contributed by atoms with E-state index in [1.165, 1.54) is 0 Å². The predicted octanol–water partition coefficient (Wildman–Crippen LogP) is 1.89. The van der Waals surface area contributed by atoms with E-state index in [2.05, 4.69) is 11.6 Å². The van der Waals surface area contributed by atoms with Gasteiger partial charge in [0.15, 0.2) is 0 Å². The van der Waals surface area contributed by atoms with Gasteiger partial charge in [-0.15, -0.1) is 12.4 Å². The van der Waals surface area contributed by atoms with Crippen LogP contribution in [0.25, 0.3) is 0 Å². The molecular formula is C12H27ClN2O2S. The Morgan fingerprint density at radius 3 is 2.61 bits per heavy atom. The maximum atomic E-state index is 12.0. The lowest BCUT2D eigenvalue weighted by Gasteiger charge is -2.20. The van der Waals surface area contributed by atoms with E-state index < -0.39 is 10.0 Å². The van der Waals surface area contributed by atoms with Crippen LogP contribution in [-0.4, -0.2) is 26.8 Å². The summed E-state index contributed by atoms with van der Waals surface area (Å²) in [5.41, 5.74) is 5.66. The fourth-order valence-corrected chi connectivity index (χ4v) is 4.49. The third kappa shape index (κ3) is 5.87. The van der Waals surface area contributed by atoms with Gasteiger partial charge in [-0.1, -0.05) is 26.7 Å². The summed E-state index contributed by atoms with van der Waals surface area (Å²) in [4.78, 5) is 0. The van der Waals surface area contributed by atoms with Crippen LogP contribution >= 0.6 is 12.4 Å². The summed E-state index contributed by atoms with van der Waals surface area (Å²) < 4.78 is 26.8. The Bertz CT molecular complexity index is 322. The van der Waals surface area contributed by atoms with Gasteiger partial charge in [-0.2, -0.15) is 0 Å². The van der Waals surface area contributed by atoms with Crippen LogP contribution in [0.15, 0.2) is 0 Å². The molecule has 1 aliphatic carbocycles. The van der Waals surface area contributed by atoms with Crippen LogP contribution in [0.1, 0.15) is 46.0 Å². The standard InChI is InChI=1S/C12H26N2O2S.ClH/c1-3-5-10(2)9-17(15,16)14-12-7-4-6-11(12)8-13;/h10-12,14H,3-9,13H2,1-2H3;1H. The molecule has 3 unspecified atom stereocenters. The second kappa shape index (κ2) is 8.35. The first-order valence-corrected chi connectivity index (χ1v) is 8.33. The molecule has 0 aromatic heterocycles. The Morgan fingerprint density at radius 2 is 2.06 bits per heavy atom. The molecule has 1 aliphatic rings. The normalized spacial score (nSPS) is 25.7. The van der Waals surface area contributed by atoms with Gasteiger partial charge in [0.05, 0.1) is 5.75 Å². The smallest absolute Gasteiger partial charge is 0.212 e. The van der Waals surface area contributed by atoms with E-state index in [1.54, 1.807) is 0 Å². The molecule has 0 aromatic rings. The maximum absolute atomic E-state index is 12.0. The molecule has 1 saturated carbocycles. The first-order chi connectivity index (χ1) is 7.98. The zero-order valence-electron chi connectivity index (χ0n) is 11.4. The second-order valence-corrected chi connectivity index (χ2v) is 7.12. The summed E-state index contributed by atoms with van der Waals surface area (Å²) in [6.45, 7) is 4.66. The molecule has 0 heterocycles. The van der Waals surface area contributed by atoms with Crippen LogP contribution < -0.4 is 10.5 Å². The van der Waals surface area contributed by atoms with Crippen molar-refractivity contribution in [1.29, 1.82) is 0 Å². The average molecular weight is 299 g/mol. The fourth-order valence-electron chi connectivity index (χ4n) is 2.70. The van der Waals surface area contributed by atoms with Gasteiger partial charge in [0, 0.05) is 6.04 Å². The molecule has 0 aromatic carbocycles. The third-order valence-electron chi connectivity index (χ3n) is 3.58. The molecule has 1 rings (SSSR count). The summed E-state index contributed by atoms with van der Waals surface area (Å²) in [5, 5.41) is 0. The van der Waals surface area contributed by atoms with Gasteiger partial charge < -0.3 is 5.73 Å². The fraction of sp³-hybridized carbons (Fsp3) is 1.00. The molecule has 0 saturated heterocycles. The van der Waals surface area contributed by atoms with Gasteiger partial charge in [-0.3, -0.25) is 0 Å². The molecule has 3 N–H and O–H groups in total. The van der Waals surface area contributed by atoms with Gasteiger partial charge >= 0.3 is 0 Å². The van der Waals surface area contributed by atoms with E-state index in [9.17, 15) is 8.42 Å². The molecular weight excluding hydrogens is 272 g/mol. The topological polar surface area (TPSA) is 72.2 Å². The van der Waals surface area contributed by atoms with Gasteiger partial charge in [-0.05, 0) is 37.6 Å². The Labute approximate surface area is 118 Å². The minimum absolute atomic E-state index is 0. The summed E-state index contributed by atoms with van der Waals surface area (Å²) in [7, 11) is -3.14.